The SMILES string of the molecule is CC(C)NC(=O)Cc1ccc(NC(=O)c2ccc(-c3nc4ccccc4s3)s2)cc1. The monoisotopic (exact) mass is 435 g/mol. The largest absolute Gasteiger partial charge is 0.354 e. The van der Waals surface area contributed by atoms with Crippen LogP contribution in [0.5, 0.6) is 0 Å². The molecule has 0 aliphatic rings. The summed E-state index contributed by atoms with van der Waals surface area (Å²) in [6.07, 6.45) is 0.322. The van der Waals surface area contributed by atoms with E-state index in [4.69, 9.17) is 0 Å². The topological polar surface area (TPSA) is 71.1 Å². The standard InChI is InChI=1S/C23H21N3O2S2/c1-14(2)24-21(27)13-15-7-9-16(10-8-15)25-22(28)19-11-12-20(29-19)23-26-17-5-3-4-6-18(17)30-23/h3-12,14H,13H2,1-2H3,(H,24,27)(H,25,28). The summed E-state index contributed by atoms with van der Waals surface area (Å²) in [5, 5.41) is 6.71. The maximum absolute atomic E-state index is 12.6. The second-order valence-corrected chi connectivity index (χ2v) is 9.32. The first-order chi connectivity index (χ1) is 14.5. The number of hydrogen-bond donors (Lipinski definition) is 2. The van der Waals surface area contributed by atoms with Gasteiger partial charge in [-0.3, -0.25) is 9.59 Å². The highest BCUT2D eigenvalue weighted by Gasteiger charge is 2.14. The van der Waals surface area contributed by atoms with Crippen molar-refractivity contribution >= 4 is 50.4 Å². The molecule has 0 spiro atoms. The van der Waals surface area contributed by atoms with E-state index in [9.17, 15) is 9.59 Å². The van der Waals surface area contributed by atoms with E-state index in [2.05, 4.69) is 15.6 Å². The third-order valence-corrected chi connectivity index (χ3v) is 6.65. The molecule has 0 bridgehead atoms. The van der Waals surface area contributed by atoms with Crippen molar-refractivity contribution in [2.24, 2.45) is 0 Å². The molecule has 152 valence electrons. The van der Waals surface area contributed by atoms with Crippen LogP contribution < -0.4 is 10.6 Å². The Labute approximate surface area is 182 Å². The van der Waals surface area contributed by atoms with E-state index in [1.54, 1.807) is 11.3 Å². The van der Waals surface area contributed by atoms with Gasteiger partial charge >= 0.3 is 0 Å². The third-order valence-electron chi connectivity index (χ3n) is 4.36. The average Bonchev–Trinajstić information content (AvgIpc) is 3.36. The van der Waals surface area contributed by atoms with Crippen LogP contribution in [0.15, 0.2) is 60.7 Å². The van der Waals surface area contributed by atoms with Crippen LogP contribution in [0.2, 0.25) is 0 Å². The third kappa shape index (κ3) is 4.75. The number of fused-ring (bicyclic) bond motifs is 1. The lowest BCUT2D eigenvalue weighted by molar-refractivity contribution is -0.120. The fourth-order valence-electron chi connectivity index (χ4n) is 3.01. The minimum Gasteiger partial charge on any atom is -0.354 e. The van der Waals surface area contributed by atoms with Gasteiger partial charge in [0.25, 0.3) is 5.91 Å². The van der Waals surface area contributed by atoms with Gasteiger partial charge < -0.3 is 10.6 Å². The van der Waals surface area contributed by atoms with Gasteiger partial charge in [0.2, 0.25) is 5.91 Å². The smallest absolute Gasteiger partial charge is 0.265 e. The highest BCUT2D eigenvalue weighted by Crippen LogP contribution is 2.34. The highest BCUT2D eigenvalue weighted by molar-refractivity contribution is 7.26. The van der Waals surface area contributed by atoms with Crippen LogP contribution in [0.1, 0.15) is 29.1 Å². The van der Waals surface area contributed by atoms with E-state index in [-0.39, 0.29) is 17.9 Å². The second-order valence-electron chi connectivity index (χ2n) is 7.20. The van der Waals surface area contributed by atoms with Gasteiger partial charge in [-0.2, -0.15) is 0 Å². The molecular formula is C23H21N3O2S2. The molecule has 5 nitrogen and oxygen atoms in total. The molecule has 0 unspecified atom stereocenters. The van der Waals surface area contributed by atoms with Gasteiger partial charge in [-0.25, -0.2) is 4.98 Å². The van der Waals surface area contributed by atoms with Crippen LogP contribution in [-0.2, 0) is 11.2 Å². The lowest BCUT2D eigenvalue weighted by atomic mass is 10.1. The minimum absolute atomic E-state index is 0.0113. The second kappa shape index (κ2) is 8.77. The van der Waals surface area contributed by atoms with Gasteiger partial charge in [0, 0.05) is 11.7 Å². The number of nitrogens with one attached hydrogen (secondary N) is 2. The van der Waals surface area contributed by atoms with Gasteiger partial charge in [-0.05, 0) is 55.8 Å². The lowest BCUT2D eigenvalue weighted by Gasteiger charge is -2.09. The van der Waals surface area contributed by atoms with E-state index in [0.29, 0.717) is 17.0 Å². The molecule has 4 rings (SSSR count). The Morgan fingerprint density at radius 3 is 2.47 bits per heavy atom. The molecule has 0 aliphatic carbocycles. The van der Waals surface area contributed by atoms with Crippen molar-refractivity contribution in [1.29, 1.82) is 0 Å². The predicted molar refractivity (Wildman–Crippen MR) is 124 cm³/mol. The van der Waals surface area contributed by atoms with Crippen molar-refractivity contribution in [3.05, 3.63) is 71.1 Å². The average molecular weight is 436 g/mol. The Kier molecular flexibility index (Phi) is 5.92. The molecule has 2 N–H and O–H groups in total. The van der Waals surface area contributed by atoms with Crippen LogP contribution in [0.4, 0.5) is 5.69 Å². The quantitative estimate of drug-likeness (QED) is 0.429. The normalized spacial score (nSPS) is 11.0. The number of benzene rings is 2. The Bertz CT molecular complexity index is 1160. The Morgan fingerprint density at radius 1 is 0.967 bits per heavy atom. The molecule has 0 saturated heterocycles. The Hall–Kier alpha value is -3.03. The van der Waals surface area contributed by atoms with Crippen LogP contribution in [0, 0.1) is 0 Å². The number of thiophene rings is 1. The molecule has 2 amide bonds. The van der Waals surface area contributed by atoms with Gasteiger partial charge in [-0.15, -0.1) is 22.7 Å². The van der Waals surface area contributed by atoms with Crippen LogP contribution >= 0.6 is 22.7 Å². The van der Waals surface area contributed by atoms with E-state index in [1.165, 1.54) is 11.3 Å². The molecular weight excluding hydrogens is 414 g/mol. The van der Waals surface area contributed by atoms with Gasteiger partial charge in [0.15, 0.2) is 0 Å². The minimum atomic E-state index is -0.155. The van der Waals surface area contributed by atoms with Gasteiger partial charge in [0.1, 0.15) is 5.01 Å². The molecule has 0 radical (unpaired) electrons. The lowest BCUT2D eigenvalue weighted by Crippen LogP contribution is -2.31. The summed E-state index contributed by atoms with van der Waals surface area (Å²) in [6, 6.07) is 19.2. The van der Waals surface area contributed by atoms with E-state index < -0.39 is 0 Å². The van der Waals surface area contributed by atoms with Crippen LogP contribution in [-0.4, -0.2) is 22.8 Å². The predicted octanol–water partition coefficient (Wildman–Crippen LogP) is 5.34. The zero-order valence-corrected chi connectivity index (χ0v) is 18.3. The van der Waals surface area contributed by atoms with Gasteiger partial charge in [0.05, 0.1) is 26.4 Å². The molecule has 2 aromatic carbocycles. The summed E-state index contributed by atoms with van der Waals surface area (Å²) in [6.45, 7) is 3.87. The molecule has 2 aromatic heterocycles. The zero-order chi connectivity index (χ0) is 21.1. The Morgan fingerprint density at radius 2 is 1.73 bits per heavy atom. The van der Waals surface area contributed by atoms with Crippen molar-refractivity contribution in [2.45, 2.75) is 26.3 Å². The van der Waals surface area contributed by atoms with Gasteiger partial charge in [-0.1, -0.05) is 24.3 Å². The number of aromatic nitrogens is 1. The summed E-state index contributed by atoms with van der Waals surface area (Å²) >= 11 is 3.05. The molecule has 2 heterocycles. The Balaban J connectivity index is 1.41. The number of nitrogens with zero attached hydrogens (tertiary/aromatic N) is 1. The number of carbonyl (C=O) groups is 2. The first kappa shape index (κ1) is 20.3. The highest BCUT2D eigenvalue weighted by atomic mass is 32.1. The molecule has 0 fully saturated rings. The first-order valence-electron chi connectivity index (χ1n) is 9.63. The van der Waals surface area contributed by atoms with E-state index >= 15 is 0 Å². The number of para-hydroxylation sites is 1. The molecule has 30 heavy (non-hydrogen) atoms. The molecule has 0 atom stereocenters. The maximum atomic E-state index is 12.6. The summed E-state index contributed by atoms with van der Waals surface area (Å²) in [5.74, 6) is -0.166. The van der Waals surface area contributed by atoms with Crippen molar-refractivity contribution < 1.29 is 9.59 Å². The fraction of sp³-hybridized carbons (Fsp3) is 0.174. The molecule has 7 heteroatoms. The van der Waals surface area contributed by atoms with Crippen molar-refractivity contribution in [3.8, 4) is 9.88 Å². The van der Waals surface area contributed by atoms with Crippen LogP contribution in [0.3, 0.4) is 0 Å². The summed E-state index contributed by atoms with van der Waals surface area (Å²) in [5.41, 5.74) is 2.57. The summed E-state index contributed by atoms with van der Waals surface area (Å²) in [4.78, 5) is 30.8. The number of carbonyl (C=O) groups excluding carboxylic acids is 2. The number of rotatable bonds is 6. The van der Waals surface area contributed by atoms with E-state index in [0.717, 1.165) is 25.7 Å². The number of hydrogen-bond acceptors (Lipinski definition) is 5. The van der Waals surface area contributed by atoms with Crippen molar-refractivity contribution in [3.63, 3.8) is 0 Å². The van der Waals surface area contributed by atoms with E-state index in [1.807, 2.05) is 74.5 Å². The number of amides is 2. The van der Waals surface area contributed by atoms with Crippen molar-refractivity contribution in [2.75, 3.05) is 5.32 Å². The summed E-state index contributed by atoms with van der Waals surface area (Å²) in [7, 11) is 0. The first-order valence-corrected chi connectivity index (χ1v) is 11.3. The molecule has 0 aliphatic heterocycles. The molecule has 0 saturated carbocycles. The van der Waals surface area contributed by atoms with Crippen molar-refractivity contribution in [1.82, 2.24) is 10.3 Å². The zero-order valence-electron chi connectivity index (χ0n) is 16.6. The fourth-order valence-corrected chi connectivity index (χ4v) is 4.93. The van der Waals surface area contributed by atoms with Crippen LogP contribution in [0.25, 0.3) is 20.1 Å². The summed E-state index contributed by atoms with van der Waals surface area (Å²) < 4.78 is 1.13. The number of thiazole rings is 1. The number of anilines is 1. The maximum Gasteiger partial charge on any atom is 0.265 e. The molecule has 4 aromatic rings.